The summed E-state index contributed by atoms with van der Waals surface area (Å²) in [5, 5.41) is 0. The summed E-state index contributed by atoms with van der Waals surface area (Å²) in [5.74, 6) is 0. The van der Waals surface area contributed by atoms with Crippen molar-refractivity contribution in [3.63, 3.8) is 0 Å². The molecule has 0 radical (unpaired) electrons. The summed E-state index contributed by atoms with van der Waals surface area (Å²) in [7, 11) is 2.24. The molecule has 58 valence electrons. The predicted octanol–water partition coefficient (Wildman–Crippen LogP) is 0.570. The van der Waals surface area contributed by atoms with Crippen LogP contribution < -0.4 is 5.73 Å². The Kier molecular flexibility index (Phi) is 1.46. The largest absolute Gasteiger partial charge is 0.328 e. The van der Waals surface area contributed by atoms with E-state index in [0.29, 0.717) is 6.04 Å². The lowest BCUT2D eigenvalue weighted by Gasteiger charge is -2.34. The molecule has 2 heterocycles. The van der Waals surface area contributed by atoms with Gasteiger partial charge in [-0.15, -0.1) is 0 Å². The molecular formula is C8H16N2. The average Bonchev–Trinajstić information content (AvgIpc) is 2.20. The molecule has 1 unspecified atom stereocenters. The van der Waals surface area contributed by atoms with Crippen LogP contribution in [0.1, 0.15) is 25.7 Å². The SMILES string of the molecule is CN1[C@@H]2CC[C@H]1CC(N)C2. The van der Waals surface area contributed by atoms with Gasteiger partial charge in [0.05, 0.1) is 0 Å². The second-order valence-electron chi connectivity index (χ2n) is 3.78. The van der Waals surface area contributed by atoms with E-state index in [1.54, 1.807) is 0 Å². The zero-order valence-electron chi connectivity index (χ0n) is 6.59. The van der Waals surface area contributed by atoms with Crippen LogP contribution in [0.5, 0.6) is 0 Å². The van der Waals surface area contributed by atoms with Gasteiger partial charge in [0.15, 0.2) is 0 Å². The van der Waals surface area contributed by atoms with Crippen molar-refractivity contribution in [2.45, 2.75) is 43.8 Å². The lowest BCUT2D eigenvalue weighted by atomic mass is 9.99. The number of hydrogen-bond donors (Lipinski definition) is 1. The van der Waals surface area contributed by atoms with Crippen molar-refractivity contribution in [1.29, 1.82) is 0 Å². The Labute approximate surface area is 62.4 Å². The van der Waals surface area contributed by atoms with Crippen LogP contribution in [0, 0.1) is 0 Å². The maximum absolute atomic E-state index is 5.89. The Hall–Kier alpha value is -0.0800. The maximum atomic E-state index is 5.89. The second kappa shape index (κ2) is 2.21. The molecule has 2 aliphatic heterocycles. The molecule has 2 bridgehead atoms. The molecule has 0 saturated carbocycles. The lowest BCUT2D eigenvalue weighted by Crippen LogP contribution is -2.45. The third-order valence-electron chi connectivity index (χ3n) is 3.13. The molecule has 0 aromatic rings. The number of hydrogen-bond acceptors (Lipinski definition) is 2. The number of nitrogens with zero attached hydrogens (tertiary/aromatic N) is 1. The van der Waals surface area contributed by atoms with Crippen LogP contribution >= 0.6 is 0 Å². The highest BCUT2D eigenvalue weighted by Gasteiger charge is 2.36. The van der Waals surface area contributed by atoms with Crippen LogP contribution in [0.15, 0.2) is 0 Å². The lowest BCUT2D eigenvalue weighted by molar-refractivity contribution is 0.163. The molecular weight excluding hydrogens is 124 g/mol. The van der Waals surface area contributed by atoms with Crippen molar-refractivity contribution in [2.24, 2.45) is 5.73 Å². The Morgan fingerprint density at radius 3 is 2.20 bits per heavy atom. The highest BCUT2D eigenvalue weighted by atomic mass is 15.2. The third-order valence-corrected chi connectivity index (χ3v) is 3.13. The molecule has 3 atom stereocenters. The molecule has 2 rings (SSSR count). The van der Waals surface area contributed by atoms with E-state index < -0.39 is 0 Å². The zero-order valence-corrected chi connectivity index (χ0v) is 6.59. The fraction of sp³-hybridized carbons (Fsp3) is 1.00. The van der Waals surface area contributed by atoms with Gasteiger partial charge in [-0.1, -0.05) is 0 Å². The average molecular weight is 140 g/mol. The number of piperidine rings is 1. The molecule has 10 heavy (non-hydrogen) atoms. The Balaban J connectivity index is 2.09. The van der Waals surface area contributed by atoms with Crippen LogP contribution in [0.3, 0.4) is 0 Å². The highest BCUT2D eigenvalue weighted by Crippen LogP contribution is 2.33. The van der Waals surface area contributed by atoms with Gasteiger partial charge >= 0.3 is 0 Å². The first kappa shape index (κ1) is 6.62. The van der Waals surface area contributed by atoms with Gasteiger partial charge in [0.1, 0.15) is 0 Å². The fourth-order valence-corrected chi connectivity index (χ4v) is 2.45. The van der Waals surface area contributed by atoms with E-state index in [1.165, 1.54) is 25.7 Å². The van der Waals surface area contributed by atoms with Gasteiger partial charge in [0, 0.05) is 18.1 Å². The summed E-state index contributed by atoms with van der Waals surface area (Å²) < 4.78 is 0. The standard InChI is InChI=1S/C8H16N2/c1-10-7-2-3-8(10)5-6(9)4-7/h6-8H,2-5,9H2,1H3/t6?,7-,8+. The zero-order chi connectivity index (χ0) is 7.14. The summed E-state index contributed by atoms with van der Waals surface area (Å²) >= 11 is 0. The first-order valence-corrected chi connectivity index (χ1v) is 4.25. The summed E-state index contributed by atoms with van der Waals surface area (Å²) in [6, 6.07) is 2.12. The molecule has 0 aliphatic carbocycles. The van der Waals surface area contributed by atoms with Crippen LogP contribution in [-0.2, 0) is 0 Å². The van der Waals surface area contributed by atoms with Gasteiger partial charge in [-0.3, -0.25) is 0 Å². The number of nitrogens with two attached hydrogens (primary N) is 1. The third kappa shape index (κ3) is 0.867. The molecule has 2 saturated heterocycles. The smallest absolute Gasteiger partial charge is 0.0110 e. The van der Waals surface area contributed by atoms with Crippen molar-refractivity contribution in [2.75, 3.05) is 7.05 Å². The van der Waals surface area contributed by atoms with E-state index in [2.05, 4.69) is 11.9 Å². The van der Waals surface area contributed by atoms with E-state index in [4.69, 9.17) is 5.73 Å². The number of fused-ring (bicyclic) bond motifs is 2. The van der Waals surface area contributed by atoms with Crippen molar-refractivity contribution in [1.82, 2.24) is 4.90 Å². The van der Waals surface area contributed by atoms with Gasteiger partial charge in [-0.25, -0.2) is 0 Å². The van der Waals surface area contributed by atoms with Crippen LogP contribution in [0.4, 0.5) is 0 Å². The monoisotopic (exact) mass is 140 g/mol. The first-order chi connectivity index (χ1) is 4.77. The molecule has 0 aromatic heterocycles. The van der Waals surface area contributed by atoms with Crippen LogP contribution in [-0.4, -0.2) is 30.1 Å². The van der Waals surface area contributed by atoms with E-state index in [9.17, 15) is 0 Å². The van der Waals surface area contributed by atoms with Gasteiger partial charge < -0.3 is 10.6 Å². The van der Waals surface area contributed by atoms with E-state index in [1.807, 2.05) is 0 Å². The second-order valence-corrected chi connectivity index (χ2v) is 3.78. The van der Waals surface area contributed by atoms with E-state index in [0.717, 1.165) is 12.1 Å². The minimum Gasteiger partial charge on any atom is -0.328 e. The first-order valence-electron chi connectivity index (χ1n) is 4.25. The summed E-state index contributed by atoms with van der Waals surface area (Å²) in [5.41, 5.74) is 5.89. The topological polar surface area (TPSA) is 29.3 Å². The Morgan fingerprint density at radius 2 is 1.70 bits per heavy atom. The van der Waals surface area contributed by atoms with Gasteiger partial charge in [-0.05, 0) is 32.7 Å². The minimum atomic E-state index is 0.494. The van der Waals surface area contributed by atoms with Gasteiger partial charge in [-0.2, -0.15) is 0 Å². The van der Waals surface area contributed by atoms with E-state index >= 15 is 0 Å². The molecule has 2 nitrogen and oxygen atoms in total. The quantitative estimate of drug-likeness (QED) is 0.533. The van der Waals surface area contributed by atoms with Crippen molar-refractivity contribution in [3.8, 4) is 0 Å². The molecule has 2 aliphatic rings. The van der Waals surface area contributed by atoms with Crippen molar-refractivity contribution >= 4 is 0 Å². The Bertz CT molecular complexity index is 121. The van der Waals surface area contributed by atoms with Crippen LogP contribution in [0.25, 0.3) is 0 Å². The molecule has 2 heteroatoms. The molecule has 0 spiro atoms. The number of rotatable bonds is 0. The summed E-state index contributed by atoms with van der Waals surface area (Å²) in [6.45, 7) is 0. The predicted molar refractivity (Wildman–Crippen MR) is 41.8 cm³/mol. The maximum Gasteiger partial charge on any atom is 0.0110 e. The van der Waals surface area contributed by atoms with Crippen LogP contribution in [0.2, 0.25) is 0 Å². The highest BCUT2D eigenvalue weighted by molar-refractivity contribution is 4.94. The van der Waals surface area contributed by atoms with Gasteiger partial charge in [0.25, 0.3) is 0 Å². The van der Waals surface area contributed by atoms with Crippen molar-refractivity contribution in [3.05, 3.63) is 0 Å². The fourth-order valence-electron chi connectivity index (χ4n) is 2.45. The molecule has 0 amide bonds. The molecule has 0 aromatic carbocycles. The van der Waals surface area contributed by atoms with Crippen molar-refractivity contribution < 1.29 is 0 Å². The minimum absolute atomic E-state index is 0.494. The molecule has 2 N–H and O–H groups in total. The Morgan fingerprint density at radius 1 is 1.20 bits per heavy atom. The molecule has 2 fully saturated rings. The van der Waals surface area contributed by atoms with Gasteiger partial charge in [0.2, 0.25) is 0 Å². The summed E-state index contributed by atoms with van der Waals surface area (Å²) in [4.78, 5) is 2.52. The summed E-state index contributed by atoms with van der Waals surface area (Å²) in [6.07, 6.45) is 5.23. The normalized spacial score (nSPS) is 48.0. The van der Waals surface area contributed by atoms with E-state index in [-0.39, 0.29) is 0 Å².